The first-order valence-corrected chi connectivity index (χ1v) is 11.9. The van der Waals surface area contributed by atoms with Crippen molar-refractivity contribution in [3.8, 4) is 0 Å². The molecule has 0 radical (unpaired) electrons. The van der Waals surface area contributed by atoms with Crippen molar-refractivity contribution >= 4 is 33.1 Å². The van der Waals surface area contributed by atoms with Gasteiger partial charge in [0.15, 0.2) is 0 Å². The summed E-state index contributed by atoms with van der Waals surface area (Å²) in [6.07, 6.45) is 8.06. The third-order valence-corrected chi connectivity index (χ3v) is 6.80. The maximum absolute atomic E-state index is 10.3. The summed E-state index contributed by atoms with van der Waals surface area (Å²) < 4.78 is 3.25. The molecule has 0 unspecified atom stereocenters. The Morgan fingerprint density at radius 2 is 1.38 bits per heavy atom. The van der Waals surface area contributed by atoms with Gasteiger partial charge in [0, 0.05) is 0 Å². The summed E-state index contributed by atoms with van der Waals surface area (Å²) in [5, 5.41) is 20.3. The zero-order chi connectivity index (χ0) is 16.5. The molecule has 0 rings (SSSR count). The second kappa shape index (κ2) is 17.5. The molecule has 0 N–H and O–H groups in total. The Hall–Kier alpha value is -0.521. The molecule has 0 atom stereocenters. The Kier molecular flexibility index (Phi) is 19.0. The number of unbranched alkanes of at least 4 members (excludes halogenated alkanes) is 3. The van der Waals surface area contributed by atoms with Crippen LogP contribution in [0.5, 0.6) is 0 Å². The molecule has 0 spiro atoms. The van der Waals surface area contributed by atoms with Gasteiger partial charge in [-0.15, -0.1) is 0 Å². The van der Waals surface area contributed by atoms with E-state index >= 15 is 0 Å². The summed E-state index contributed by atoms with van der Waals surface area (Å²) in [6, 6.07) is 0. The fourth-order valence-electron chi connectivity index (χ4n) is 1.47. The van der Waals surface area contributed by atoms with Crippen LogP contribution in [0.4, 0.5) is 0 Å². The van der Waals surface area contributed by atoms with Crippen LogP contribution in [0.25, 0.3) is 0 Å². The van der Waals surface area contributed by atoms with Crippen LogP contribution < -0.4 is 10.2 Å². The molecule has 0 heterocycles. The molecule has 0 bridgehead atoms. The maximum atomic E-state index is 10.3. The Balaban J connectivity index is 0. The molecular formula is C16H28O4Sn. The van der Waals surface area contributed by atoms with Gasteiger partial charge in [-0.1, -0.05) is 13.3 Å². The van der Waals surface area contributed by atoms with Gasteiger partial charge in [0.05, 0.1) is 11.9 Å². The van der Waals surface area contributed by atoms with E-state index in [1.807, 2.05) is 6.92 Å². The Morgan fingerprint density at radius 1 is 0.905 bits per heavy atom. The molecule has 0 saturated heterocycles. The molecule has 120 valence electrons. The van der Waals surface area contributed by atoms with E-state index in [1.165, 1.54) is 25.7 Å². The normalized spacial score (nSPS) is 10.3. The molecule has 5 heteroatoms. The third kappa shape index (κ3) is 19.5. The number of hydrogen-bond acceptors (Lipinski definition) is 4. The van der Waals surface area contributed by atoms with E-state index in [-0.39, 0.29) is 33.1 Å². The summed E-state index contributed by atoms with van der Waals surface area (Å²) >= 11 is 0.149. The molecule has 0 saturated carbocycles. The zero-order valence-electron chi connectivity index (χ0n) is 13.6. The van der Waals surface area contributed by atoms with E-state index in [0.717, 1.165) is 6.42 Å². The SMILES string of the molecule is CCCC/C(=C/C(=O)[O-])C(=O)[O-].CCC[CH2][Sn+2][CH2]CCC. The van der Waals surface area contributed by atoms with E-state index in [1.54, 1.807) is 8.87 Å². The monoisotopic (exact) mass is 404 g/mol. The number of carboxylic acids is 2. The fourth-order valence-corrected chi connectivity index (χ4v) is 5.63. The van der Waals surface area contributed by atoms with Crippen molar-refractivity contribution < 1.29 is 19.8 Å². The van der Waals surface area contributed by atoms with Gasteiger partial charge < -0.3 is 19.8 Å². The van der Waals surface area contributed by atoms with Gasteiger partial charge in [0.1, 0.15) is 0 Å². The predicted octanol–water partition coefficient (Wildman–Crippen LogP) is 1.73. The summed E-state index contributed by atoms with van der Waals surface area (Å²) in [4.78, 5) is 20.3. The number of carboxylic acid groups (broad SMARTS) is 2. The fraction of sp³-hybridized carbons (Fsp3) is 0.750. The minimum absolute atomic E-state index is 0.149. The molecule has 0 aromatic rings. The summed E-state index contributed by atoms with van der Waals surface area (Å²) in [5.74, 6) is -2.93. The van der Waals surface area contributed by atoms with Crippen LogP contribution in [0.3, 0.4) is 0 Å². The van der Waals surface area contributed by atoms with E-state index in [4.69, 9.17) is 0 Å². The molecule has 0 aliphatic rings. The number of carbonyl (C=O) groups excluding carboxylic acids is 2. The van der Waals surface area contributed by atoms with Crippen LogP contribution in [0.2, 0.25) is 8.87 Å². The van der Waals surface area contributed by atoms with Gasteiger partial charge >= 0.3 is 69.5 Å². The average Bonchev–Trinajstić information content (AvgIpc) is 2.43. The first kappa shape index (κ1) is 22.8. The molecule has 0 aliphatic carbocycles. The number of carbonyl (C=O) groups is 2. The summed E-state index contributed by atoms with van der Waals surface area (Å²) in [7, 11) is 0. The molecule has 0 aliphatic heterocycles. The molecule has 4 nitrogen and oxygen atoms in total. The van der Waals surface area contributed by atoms with Crippen molar-refractivity contribution in [3.63, 3.8) is 0 Å². The van der Waals surface area contributed by atoms with E-state index in [0.29, 0.717) is 12.5 Å². The standard InChI is InChI=1S/C8H12O4.2C4H9.Sn/c1-2-3-4-6(8(11)12)5-7(9)10;2*1-3-4-2;/h5H,2-4H2,1H3,(H,9,10)(H,11,12);2*1,3-4H2,2H3;/q;;;+2/p-2/b6-5-;;;. The molecule has 0 aromatic heterocycles. The van der Waals surface area contributed by atoms with Crippen molar-refractivity contribution in [2.45, 2.75) is 74.6 Å². The third-order valence-electron chi connectivity index (χ3n) is 2.77. The Bertz CT molecular complexity index is 295. The summed E-state index contributed by atoms with van der Waals surface area (Å²) in [5.41, 5.74) is -0.211. The van der Waals surface area contributed by atoms with Gasteiger partial charge in [-0.05, 0) is 24.5 Å². The van der Waals surface area contributed by atoms with Crippen LogP contribution in [-0.2, 0) is 9.59 Å². The van der Waals surface area contributed by atoms with Gasteiger partial charge in [0.25, 0.3) is 0 Å². The van der Waals surface area contributed by atoms with Crippen molar-refractivity contribution in [2.24, 2.45) is 0 Å². The van der Waals surface area contributed by atoms with Crippen molar-refractivity contribution in [3.05, 3.63) is 11.6 Å². The van der Waals surface area contributed by atoms with Crippen LogP contribution in [0, 0.1) is 0 Å². The van der Waals surface area contributed by atoms with Gasteiger partial charge in [-0.3, -0.25) is 0 Å². The number of hydrogen-bond donors (Lipinski definition) is 0. The zero-order valence-corrected chi connectivity index (χ0v) is 16.4. The summed E-state index contributed by atoms with van der Waals surface area (Å²) in [6.45, 7) is 6.46. The molecule has 0 fully saturated rings. The average molecular weight is 403 g/mol. The van der Waals surface area contributed by atoms with E-state index < -0.39 is 11.9 Å². The van der Waals surface area contributed by atoms with Crippen LogP contribution in [-0.4, -0.2) is 33.1 Å². The topological polar surface area (TPSA) is 80.3 Å². The molecular weight excluding hydrogens is 375 g/mol. The van der Waals surface area contributed by atoms with Crippen molar-refractivity contribution in [1.82, 2.24) is 0 Å². The predicted molar refractivity (Wildman–Crippen MR) is 82.8 cm³/mol. The number of aliphatic carboxylic acids is 2. The first-order chi connectivity index (χ1) is 9.99. The first-order valence-electron chi connectivity index (χ1n) is 7.83. The van der Waals surface area contributed by atoms with Crippen LogP contribution >= 0.6 is 0 Å². The minimum atomic E-state index is -1.50. The Morgan fingerprint density at radius 3 is 1.71 bits per heavy atom. The molecule has 0 amide bonds. The second-order valence-electron chi connectivity index (χ2n) is 4.84. The van der Waals surface area contributed by atoms with Gasteiger partial charge in [-0.2, -0.15) is 0 Å². The van der Waals surface area contributed by atoms with Crippen molar-refractivity contribution in [2.75, 3.05) is 0 Å². The van der Waals surface area contributed by atoms with Gasteiger partial charge in [0.2, 0.25) is 0 Å². The van der Waals surface area contributed by atoms with Crippen LogP contribution in [0.15, 0.2) is 11.6 Å². The van der Waals surface area contributed by atoms with E-state index in [2.05, 4.69) is 13.8 Å². The second-order valence-corrected chi connectivity index (χ2v) is 9.12. The van der Waals surface area contributed by atoms with Gasteiger partial charge in [-0.25, -0.2) is 0 Å². The molecule has 21 heavy (non-hydrogen) atoms. The number of rotatable bonds is 11. The van der Waals surface area contributed by atoms with Crippen molar-refractivity contribution in [1.29, 1.82) is 0 Å². The Labute approximate surface area is 139 Å². The van der Waals surface area contributed by atoms with Crippen LogP contribution in [0.1, 0.15) is 65.7 Å². The van der Waals surface area contributed by atoms with E-state index in [9.17, 15) is 19.8 Å². The quantitative estimate of drug-likeness (QED) is 0.299. The molecule has 0 aromatic carbocycles.